The second kappa shape index (κ2) is 9.12. The van der Waals surface area contributed by atoms with Crippen LogP contribution in [-0.2, 0) is 19.5 Å². The van der Waals surface area contributed by atoms with Gasteiger partial charge in [0.1, 0.15) is 0 Å². The molecule has 0 unspecified atom stereocenters. The zero-order chi connectivity index (χ0) is 17.8. The molecule has 0 spiro atoms. The molecule has 0 aromatic heterocycles. The average Bonchev–Trinajstić information content (AvgIpc) is 2.63. The maximum Gasteiger partial charge on any atom is 0.161 e. The van der Waals surface area contributed by atoms with Crippen molar-refractivity contribution in [2.24, 2.45) is 0 Å². The first-order valence-corrected chi connectivity index (χ1v) is 9.49. The fraction of sp³-hybridized carbons (Fsp3) is 0.0909. The van der Waals surface area contributed by atoms with Crippen molar-refractivity contribution in [1.29, 1.82) is 0 Å². The molecule has 4 heteroatoms. The number of ketones is 2. The third-order valence-corrected chi connectivity index (χ3v) is 6.53. The molecule has 0 saturated heterocycles. The largest absolute Gasteiger partial charge is 0.294 e. The van der Waals surface area contributed by atoms with Gasteiger partial charge in [-0.1, -0.05) is 78.9 Å². The van der Waals surface area contributed by atoms with Gasteiger partial charge in [0.15, 0.2) is 11.6 Å². The Morgan fingerprint density at radius 1 is 0.654 bits per heavy atom. The van der Waals surface area contributed by atoms with E-state index in [9.17, 15) is 9.59 Å². The van der Waals surface area contributed by atoms with E-state index in [1.54, 1.807) is 6.07 Å². The number of carbonyl (C=O) groups is 2. The van der Waals surface area contributed by atoms with Crippen LogP contribution in [0.25, 0.3) is 0 Å². The molecule has 26 heavy (non-hydrogen) atoms. The van der Waals surface area contributed by atoms with Crippen molar-refractivity contribution >= 4 is 35.4 Å². The van der Waals surface area contributed by atoms with Gasteiger partial charge in [-0.2, -0.15) is 0 Å². The minimum absolute atomic E-state index is 0. The summed E-state index contributed by atoms with van der Waals surface area (Å²) in [6, 6.07) is 26.0. The van der Waals surface area contributed by atoms with Crippen molar-refractivity contribution in [3.8, 4) is 0 Å². The second-order valence-corrected chi connectivity index (χ2v) is 8.00. The molecule has 0 N–H and O–H groups in total. The van der Waals surface area contributed by atoms with Crippen LogP contribution in [0, 0.1) is 0 Å². The summed E-state index contributed by atoms with van der Waals surface area (Å²) in [5, 5.41) is 3.26. The molecule has 0 aliphatic heterocycles. The molecule has 0 radical (unpaired) electrons. The van der Waals surface area contributed by atoms with E-state index in [1.807, 2.05) is 48.5 Å². The summed E-state index contributed by atoms with van der Waals surface area (Å²) in [5.41, 5.74) is 1.05. The Morgan fingerprint density at radius 2 is 1.15 bits per heavy atom. The van der Waals surface area contributed by atoms with Crippen LogP contribution in [0.4, 0.5) is 0 Å². The average molecular weight is 447 g/mol. The predicted octanol–water partition coefficient (Wildman–Crippen LogP) is 3.85. The van der Waals surface area contributed by atoms with Crippen molar-refractivity contribution < 1.29 is 29.1 Å². The van der Waals surface area contributed by atoms with Crippen LogP contribution in [0.15, 0.2) is 78.9 Å². The first kappa shape index (κ1) is 20.4. The van der Waals surface area contributed by atoms with Gasteiger partial charge in [-0.05, 0) is 37.7 Å². The Morgan fingerprint density at radius 3 is 1.58 bits per heavy atom. The zero-order valence-electron chi connectivity index (χ0n) is 14.6. The number of rotatable bonds is 5. The van der Waals surface area contributed by atoms with E-state index < -0.39 is 7.92 Å². The summed E-state index contributed by atoms with van der Waals surface area (Å²) in [7, 11) is -0.913. The van der Waals surface area contributed by atoms with Crippen LogP contribution in [0.5, 0.6) is 0 Å². The number of Topliss-reactive ketones (excluding diaryl/α,β-unsaturated/α-hetero) is 2. The second-order valence-electron chi connectivity index (χ2n) is 5.82. The monoisotopic (exact) mass is 448 g/mol. The molecule has 0 heterocycles. The van der Waals surface area contributed by atoms with Crippen LogP contribution < -0.4 is 15.9 Å². The normalized spacial score (nSPS) is 10.3. The predicted molar refractivity (Wildman–Crippen MR) is 105 cm³/mol. The SMILES string of the molecule is CC(=O)c1cccc(P(c2ccccc2)c2ccccc2)c1C(C)=O.[Ru]. The van der Waals surface area contributed by atoms with Gasteiger partial charge in [0, 0.05) is 30.6 Å². The molecule has 0 aliphatic rings. The first-order chi connectivity index (χ1) is 12.1. The maximum absolute atomic E-state index is 12.4. The maximum atomic E-state index is 12.4. The molecule has 0 saturated carbocycles. The summed E-state index contributed by atoms with van der Waals surface area (Å²) in [4.78, 5) is 24.5. The molecule has 0 atom stereocenters. The molecule has 0 aliphatic carbocycles. The Kier molecular flexibility index (Phi) is 7.15. The quantitative estimate of drug-likeness (QED) is 0.338. The van der Waals surface area contributed by atoms with Crippen molar-refractivity contribution in [2.45, 2.75) is 13.8 Å². The van der Waals surface area contributed by atoms with E-state index in [4.69, 9.17) is 0 Å². The minimum Gasteiger partial charge on any atom is -0.294 e. The molecular formula is C22H19O2PRu. The third kappa shape index (κ3) is 4.23. The van der Waals surface area contributed by atoms with Crippen LogP contribution in [0.3, 0.4) is 0 Å². The fourth-order valence-corrected chi connectivity index (χ4v) is 5.50. The van der Waals surface area contributed by atoms with Gasteiger partial charge in [-0.25, -0.2) is 0 Å². The number of hydrogen-bond donors (Lipinski definition) is 0. The van der Waals surface area contributed by atoms with Gasteiger partial charge in [-0.15, -0.1) is 0 Å². The zero-order valence-corrected chi connectivity index (χ0v) is 17.3. The molecule has 0 amide bonds. The summed E-state index contributed by atoms with van der Waals surface area (Å²) in [6.07, 6.45) is 0. The topological polar surface area (TPSA) is 34.1 Å². The summed E-state index contributed by atoms with van der Waals surface area (Å²) >= 11 is 0. The van der Waals surface area contributed by atoms with Gasteiger partial charge in [0.2, 0.25) is 0 Å². The molecule has 0 bridgehead atoms. The minimum atomic E-state index is -0.913. The molecule has 3 aromatic rings. The first-order valence-electron chi connectivity index (χ1n) is 8.14. The Labute approximate surface area is 168 Å². The van der Waals surface area contributed by atoms with E-state index >= 15 is 0 Å². The molecule has 3 rings (SSSR count). The molecule has 0 fully saturated rings. The third-order valence-electron chi connectivity index (χ3n) is 4.04. The van der Waals surface area contributed by atoms with Crippen molar-refractivity contribution in [1.82, 2.24) is 0 Å². The van der Waals surface area contributed by atoms with Gasteiger partial charge < -0.3 is 0 Å². The van der Waals surface area contributed by atoms with E-state index in [-0.39, 0.29) is 31.0 Å². The van der Waals surface area contributed by atoms with Crippen LogP contribution >= 0.6 is 7.92 Å². The van der Waals surface area contributed by atoms with Gasteiger partial charge in [-0.3, -0.25) is 9.59 Å². The summed E-state index contributed by atoms with van der Waals surface area (Å²) in [5.74, 6) is -0.150. The molecular weight excluding hydrogens is 428 g/mol. The van der Waals surface area contributed by atoms with Crippen LogP contribution in [0.1, 0.15) is 34.6 Å². The van der Waals surface area contributed by atoms with E-state index in [0.717, 1.165) is 15.9 Å². The van der Waals surface area contributed by atoms with Crippen molar-refractivity contribution in [2.75, 3.05) is 0 Å². The Hall–Kier alpha value is -1.95. The van der Waals surface area contributed by atoms with Gasteiger partial charge >= 0.3 is 0 Å². The van der Waals surface area contributed by atoms with E-state index in [2.05, 4.69) is 24.3 Å². The molecule has 3 aromatic carbocycles. The number of benzene rings is 3. The standard InChI is InChI=1S/C22H19O2P.Ru/c1-16(23)20-14-9-15-21(22(20)17(2)24)25(18-10-5-3-6-11-18)19-12-7-4-8-13-19;/h3-15H,1-2H3;. The van der Waals surface area contributed by atoms with E-state index in [1.165, 1.54) is 13.8 Å². The van der Waals surface area contributed by atoms with E-state index in [0.29, 0.717) is 11.1 Å². The Bertz CT molecular complexity index is 868. The van der Waals surface area contributed by atoms with Gasteiger partial charge in [0.25, 0.3) is 0 Å². The Balaban J connectivity index is 0.00000243. The van der Waals surface area contributed by atoms with Crippen molar-refractivity contribution in [3.63, 3.8) is 0 Å². The number of carbonyl (C=O) groups excluding carboxylic acids is 2. The fourth-order valence-electron chi connectivity index (χ4n) is 2.97. The number of hydrogen-bond acceptors (Lipinski definition) is 2. The summed E-state index contributed by atoms with van der Waals surface area (Å²) in [6.45, 7) is 3.05. The van der Waals surface area contributed by atoms with Crippen molar-refractivity contribution in [3.05, 3.63) is 90.0 Å². The van der Waals surface area contributed by atoms with Crippen LogP contribution in [0.2, 0.25) is 0 Å². The molecule has 2 nitrogen and oxygen atoms in total. The smallest absolute Gasteiger partial charge is 0.161 e. The van der Waals surface area contributed by atoms with Crippen LogP contribution in [-0.4, -0.2) is 11.6 Å². The summed E-state index contributed by atoms with van der Waals surface area (Å²) < 4.78 is 0. The van der Waals surface area contributed by atoms with Gasteiger partial charge in [0.05, 0.1) is 0 Å². The molecule has 132 valence electrons.